The maximum Gasteiger partial charge on any atom is 0.151 e. The lowest BCUT2D eigenvalue weighted by molar-refractivity contribution is 0.809. The van der Waals surface area contributed by atoms with E-state index in [2.05, 4.69) is 30.9 Å². The standard InChI is InChI=1S/C9H14N8/c1-6-13-7(3-8(14-6)15-10)11-4-9-16-12-5-17(9)2/h3,5H,4,10H2,1-2H3,(H2,11,13,14,15). The molecule has 0 aromatic carbocycles. The molecule has 0 saturated carbocycles. The third-order valence-electron chi connectivity index (χ3n) is 2.22. The number of aromatic nitrogens is 5. The molecule has 90 valence electrons. The molecule has 2 rings (SSSR count). The molecule has 0 saturated heterocycles. The zero-order valence-electron chi connectivity index (χ0n) is 9.68. The van der Waals surface area contributed by atoms with Crippen molar-refractivity contribution in [3.63, 3.8) is 0 Å². The molecule has 0 spiro atoms. The molecule has 0 bridgehead atoms. The van der Waals surface area contributed by atoms with Crippen molar-refractivity contribution in [1.29, 1.82) is 0 Å². The van der Waals surface area contributed by atoms with Gasteiger partial charge in [0, 0.05) is 13.1 Å². The highest BCUT2D eigenvalue weighted by atomic mass is 15.3. The lowest BCUT2D eigenvalue weighted by Gasteiger charge is -2.07. The van der Waals surface area contributed by atoms with Gasteiger partial charge in [0.1, 0.15) is 23.8 Å². The number of hydrogen-bond donors (Lipinski definition) is 3. The van der Waals surface area contributed by atoms with E-state index >= 15 is 0 Å². The summed E-state index contributed by atoms with van der Waals surface area (Å²) in [5, 5.41) is 10.9. The van der Waals surface area contributed by atoms with Gasteiger partial charge in [-0.1, -0.05) is 0 Å². The van der Waals surface area contributed by atoms with Gasteiger partial charge in [-0.05, 0) is 6.92 Å². The Bertz CT molecular complexity index is 505. The maximum atomic E-state index is 5.31. The summed E-state index contributed by atoms with van der Waals surface area (Å²) in [6.07, 6.45) is 1.65. The Balaban J connectivity index is 2.09. The van der Waals surface area contributed by atoms with Crippen LogP contribution in [0.2, 0.25) is 0 Å². The van der Waals surface area contributed by atoms with E-state index in [1.54, 1.807) is 19.3 Å². The first kappa shape index (κ1) is 11.3. The molecule has 0 aliphatic carbocycles. The van der Waals surface area contributed by atoms with Crippen LogP contribution in [0.1, 0.15) is 11.6 Å². The molecule has 0 radical (unpaired) electrons. The summed E-state index contributed by atoms with van der Waals surface area (Å²) in [6, 6.07) is 1.73. The SMILES string of the molecule is Cc1nc(NN)cc(NCc2nncn2C)n1. The smallest absolute Gasteiger partial charge is 0.151 e. The van der Waals surface area contributed by atoms with Crippen LogP contribution in [-0.4, -0.2) is 24.7 Å². The second-order valence-corrected chi connectivity index (χ2v) is 3.54. The number of hydrazine groups is 1. The fourth-order valence-corrected chi connectivity index (χ4v) is 1.37. The Labute approximate surface area is 98.3 Å². The van der Waals surface area contributed by atoms with E-state index in [1.807, 2.05) is 11.6 Å². The summed E-state index contributed by atoms with van der Waals surface area (Å²) >= 11 is 0. The minimum Gasteiger partial charge on any atom is -0.363 e. The van der Waals surface area contributed by atoms with Gasteiger partial charge in [0.2, 0.25) is 0 Å². The molecular weight excluding hydrogens is 220 g/mol. The Morgan fingerprint density at radius 2 is 2.12 bits per heavy atom. The zero-order chi connectivity index (χ0) is 12.3. The van der Waals surface area contributed by atoms with E-state index in [1.165, 1.54) is 0 Å². The van der Waals surface area contributed by atoms with Crippen LogP contribution in [0.5, 0.6) is 0 Å². The fourth-order valence-electron chi connectivity index (χ4n) is 1.37. The number of nitrogen functional groups attached to an aromatic ring is 1. The summed E-state index contributed by atoms with van der Waals surface area (Å²) in [5.41, 5.74) is 2.49. The van der Waals surface area contributed by atoms with Crippen molar-refractivity contribution in [2.24, 2.45) is 12.9 Å². The lowest BCUT2D eigenvalue weighted by atomic mass is 10.4. The highest BCUT2D eigenvalue weighted by molar-refractivity contribution is 5.46. The van der Waals surface area contributed by atoms with Gasteiger partial charge in [-0.3, -0.25) is 0 Å². The number of nitrogens with two attached hydrogens (primary N) is 1. The Morgan fingerprint density at radius 1 is 1.35 bits per heavy atom. The van der Waals surface area contributed by atoms with Gasteiger partial charge >= 0.3 is 0 Å². The molecule has 0 aliphatic heterocycles. The number of aryl methyl sites for hydroxylation is 2. The van der Waals surface area contributed by atoms with Crippen molar-refractivity contribution in [2.45, 2.75) is 13.5 Å². The predicted molar refractivity (Wildman–Crippen MR) is 62.9 cm³/mol. The number of anilines is 2. The summed E-state index contributed by atoms with van der Waals surface area (Å²) in [5.74, 6) is 8.03. The van der Waals surface area contributed by atoms with Gasteiger partial charge in [-0.15, -0.1) is 10.2 Å². The van der Waals surface area contributed by atoms with Crippen molar-refractivity contribution >= 4 is 11.6 Å². The first-order valence-corrected chi connectivity index (χ1v) is 5.08. The van der Waals surface area contributed by atoms with Gasteiger partial charge in [0.25, 0.3) is 0 Å². The molecule has 2 aromatic heterocycles. The average Bonchev–Trinajstić information content (AvgIpc) is 2.71. The van der Waals surface area contributed by atoms with Crippen LogP contribution < -0.4 is 16.6 Å². The average molecular weight is 234 g/mol. The summed E-state index contributed by atoms with van der Waals surface area (Å²) in [7, 11) is 1.88. The van der Waals surface area contributed by atoms with Gasteiger partial charge in [0.05, 0.1) is 6.54 Å². The fraction of sp³-hybridized carbons (Fsp3) is 0.333. The molecule has 4 N–H and O–H groups in total. The van der Waals surface area contributed by atoms with Crippen LogP contribution in [0.3, 0.4) is 0 Å². The number of rotatable bonds is 4. The normalized spacial score (nSPS) is 10.3. The quantitative estimate of drug-likeness (QED) is 0.497. The monoisotopic (exact) mass is 234 g/mol. The molecule has 0 unspecified atom stereocenters. The number of nitrogens with one attached hydrogen (secondary N) is 2. The first-order chi connectivity index (χ1) is 8.19. The minimum atomic E-state index is 0.539. The van der Waals surface area contributed by atoms with Crippen molar-refractivity contribution < 1.29 is 0 Å². The molecule has 2 heterocycles. The second kappa shape index (κ2) is 4.74. The highest BCUT2D eigenvalue weighted by Gasteiger charge is 2.03. The van der Waals surface area contributed by atoms with E-state index < -0.39 is 0 Å². The van der Waals surface area contributed by atoms with Gasteiger partial charge in [-0.2, -0.15) is 0 Å². The summed E-state index contributed by atoms with van der Waals surface area (Å²) in [4.78, 5) is 8.33. The maximum absolute atomic E-state index is 5.31. The lowest BCUT2D eigenvalue weighted by Crippen LogP contribution is -2.12. The predicted octanol–water partition coefficient (Wildman–Crippen LogP) is -0.189. The molecule has 2 aromatic rings. The van der Waals surface area contributed by atoms with Crippen LogP contribution in [0.25, 0.3) is 0 Å². The van der Waals surface area contributed by atoms with Gasteiger partial charge in [0.15, 0.2) is 5.82 Å². The molecular formula is C9H14N8. The van der Waals surface area contributed by atoms with E-state index in [0.717, 1.165) is 5.82 Å². The van der Waals surface area contributed by atoms with Crippen LogP contribution in [-0.2, 0) is 13.6 Å². The van der Waals surface area contributed by atoms with E-state index in [0.29, 0.717) is 24.0 Å². The first-order valence-electron chi connectivity index (χ1n) is 5.08. The van der Waals surface area contributed by atoms with Crippen LogP contribution in [0.4, 0.5) is 11.6 Å². The van der Waals surface area contributed by atoms with Crippen LogP contribution in [0.15, 0.2) is 12.4 Å². The third-order valence-corrected chi connectivity index (χ3v) is 2.22. The Kier molecular flexibility index (Phi) is 3.15. The van der Waals surface area contributed by atoms with E-state index in [4.69, 9.17) is 5.84 Å². The third kappa shape index (κ3) is 2.67. The molecule has 0 fully saturated rings. The molecule has 0 amide bonds. The van der Waals surface area contributed by atoms with Crippen molar-refractivity contribution in [3.05, 3.63) is 24.0 Å². The topological polar surface area (TPSA) is 107 Å². The van der Waals surface area contributed by atoms with E-state index in [-0.39, 0.29) is 0 Å². The van der Waals surface area contributed by atoms with Crippen LogP contribution in [0, 0.1) is 6.92 Å². The van der Waals surface area contributed by atoms with Gasteiger partial charge < -0.3 is 15.3 Å². The van der Waals surface area contributed by atoms with Crippen molar-refractivity contribution in [1.82, 2.24) is 24.7 Å². The molecule has 0 atom stereocenters. The highest BCUT2D eigenvalue weighted by Crippen LogP contribution is 2.10. The molecule has 0 aliphatic rings. The second-order valence-electron chi connectivity index (χ2n) is 3.54. The number of nitrogens with zero attached hydrogens (tertiary/aromatic N) is 5. The zero-order valence-corrected chi connectivity index (χ0v) is 9.68. The summed E-state index contributed by atoms with van der Waals surface area (Å²) < 4.78 is 1.84. The Hall–Kier alpha value is -2.22. The van der Waals surface area contributed by atoms with Crippen molar-refractivity contribution in [2.75, 3.05) is 10.7 Å². The molecule has 8 nitrogen and oxygen atoms in total. The van der Waals surface area contributed by atoms with Crippen LogP contribution >= 0.6 is 0 Å². The van der Waals surface area contributed by atoms with Gasteiger partial charge in [-0.25, -0.2) is 15.8 Å². The molecule has 17 heavy (non-hydrogen) atoms. The number of hydrogen-bond acceptors (Lipinski definition) is 7. The van der Waals surface area contributed by atoms with Crippen molar-refractivity contribution in [3.8, 4) is 0 Å². The molecule has 8 heteroatoms. The summed E-state index contributed by atoms with van der Waals surface area (Å²) in [6.45, 7) is 2.34. The van der Waals surface area contributed by atoms with E-state index in [9.17, 15) is 0 Å². The largest absolute Gasteiger partial charge is 0.363 e. The Morgan fingerprint density at radius 3 is 2.76 bits per heavy atom. The minimum absolute atomic E-state index is 0.539.